The Kier molecular flexibility index (Phi) is 7.10. The summed E-state index contributed by atoms with van der Waals surface area (Å²) in [7, 11) is 0. The summed E-state index contributed by atoms with van der Waals surface area (Å²) < 4.78 is 10.3. The second-order valence-corrected chi connectivity index (χ2v) is 5.01. The van der Waals surface area contributed by atoms with Crippen LogP contribution in [0.3, 0.4) is 0 Å². The van der Waals surface area contributed by atoms with Crippen molar-refractivity contribution >= 4 is 6.29 Å². The van der Waals surface area contributed by atoms with Crippen LogP contribution in [0.15, 0.2) is 0 Å². The van der Waals surface area contributed by atoms with E-state index in [9.17, 15) is 30.3 Å². The van der Waals surface area contributed by atoms with Gasteiger partial charge in [0.2, 0.25) is 0 Å². The van der Waals surface area contributed by atoms with E-state index < -0.39 is 55.6 Å². The van der Waals surface area contributed by atoms with E-state index in [-0.39, 0.29) is 6.42 Å². The van der Waals surface area contributed by atoms with E-state index in [1.165, 1.54) is 6.92 Å². The predicted molar refractivity (Wildman–Crippen MR) is 67.0 cm³/mol. The van der Waals surface area contributed by atoms with Crippen molar-refractivity contribution < 1.29 is 44.9 Å². The quantitative estimate of drug-likeness (QED) is 0.262. The Hall–Kier alpha value is -0.650. The molecule has 8 atom stereocenters. The average molecular weight is 310 g/mol. The van der Waals surface area contributed by atoms with Crippen molar-refractivity contribution in [1.82, 2.24) is 0 Å². The lowest BCUT2D eigenvalue weighted by molar-refractivity contribution is -0.322. The van der Waals surface area contributed by atoms with Crippen LogP contribution in [-0.4, -0.2) is 92.5 Å². The van der Waals surface area contributed by atoms with Crippen LogP contribution in [0.25, 0.3) is 0 Å². The molecule has 0 aromatic heterocycles. The monoisotopic (exact) mass is 310 g/mol. The summed E-state index contributed by atoms with van der Waals surface area (Å²) in [5.74, 6) is 0. The molecule has 1 aliphatic heterocycles. The number of rotatable bonds is 7. The number of carbonyl (C=O) groups excluding carboxylic acids is 1. The lowest BCUT2D eigenvalue weighted by Crippen LogP contribution is -2.60. The molecule has 6 N–H and O–H groups in total. The van der Waals surface area contributed by atoms with Crippen molar-refractivity contribution in [2.24, 2.45) is 0 Å². The molecule has 0 unspecified atom stereocenters. The number of aliphatic hydroxyl groups excluding tert-OH is 6. The molecular formula is C12H22O9. The number of aldehydes is 1. The molecule has 0 aromatic carbocycles. The topological polar surface area (TPSA) is 157 Å². The van der Waals surface area contributed by atoms with Gasteiger partial charge in [-0.1, -0.05) is 0 Å². The second kappa shape index (κ2) is 8.11. The van der Waals surface area contributed by atoms with E-state index in [4.69, 9.17) is 14.6 Å². The Morgan fingerprint density at radius 3 is 2.29 bits per heavy atom. The van der Waals surface area contributed by atoms with E-state index in [1.54, 1.807) is 0 Å². The van der Waals surface area contributed by atoms with Gasteiger partial charge in [-0.3, -0.25) is 0 Å². The summed E-state index contributed by atoms with van der Waals surface area (Å²) in [6.45, 7) is 0.684. The van der Waals surface area contributed by atoms with Crippen LogP contribution in [0.2, 0.25) is 0 Å². The van der Waals surface area contributed by atoms with Crippen LogP contribution < -0.4 is 0 Å². The van der Waals surface area contributed by atoms with Crippen molar-refractivity contribution in [2.45, 2.75) is 62.4 Å². The highest BCUT2D eigenvalue weighted by atomic mass is 16.7. The summed E-state index contributed by atoms with van der Waals surface area (Å²) in [4.78, 5) is 10.4. The van der Waals surface area contributed by atoms with E-state index >= 15 is 0 Å². The summed E-state index contributed by atoms with van der Waals surface area (Å²) in [6.07, 6.45) is -11.1. The van der Waals surface area contributed by atoms with Gasteiger partial charge in [-0.2, -0.15) is 0 Å². The third-order valence-electron chi connectivity index (χ3n) is 3.33. The first-order valence-corrected chi connectivity index (χ1v) is 6.59. The minimum atomic E-state index is -1.65. The number of ether oxygens (including phenoxy) is 2. The van der Waals surface area contributed by atoms with Gasteiger partial charge >= 0.3 is 0 Å². The molecule has 9 heteroatoms. The van der Waals surface area contributed by atoms with Gasteiger partial charge in [0, 0.05) is 6.42 Å². The Bertz CT molecular complexity index is 322. The highest BCUT2D eigenvalue weighted by Crippen LogP contribution is 2.24. The summed E-state index contributed by atoms with van der Waals surface area (Å²) in [5.41, 5.74) is 0. The van der Waals surface area contributed by atoms with Crippen LogP contribution in [-0.2, 0) is 14.3 Å². The molecule has 124 valence electrons. The van der Waals surface area contributed by atoms with Crippen LogP contribution in [0, 0.1) is 0 Å². The summed E-state index contributed by atoms with van der Waals surface area (Å²) >= 11 is 0. The number of hydrogen-bond acceptors (Lipinski definition) is 9. The minimum Gasteiger partial charge on any atom is -0.394 e. The van der Waals surface area contributed by atoms with Crippen molar-refractivity contribution in [3.8, 4) is 0 Å². The highest BCUT2D eigenvalue weighted by Gasteiger charge is 2.45. The van der Waals surface area contributed by atoms with Gasteiger partial charge in [0.1, 0.15) is 36.8 Å². The molecule has 1 rings (SSSR count). The molecule has 0 amide bonds. The van der Waals surface area contributed by atoms with Gasteiger partial charge in [-0.05, 0) is 6.92 Å². The molecule has 1 fully saturated rings. The lowest BCUT2D eigenvalue weighted by Gasteiger charge is -2.41. The lowest BCUT2D eigenvalue weighted by atomic mass is 9.99. The van der Waals surface area contributed by atoms with Gasteiger partial charge in [-0.15, -0.1) is 0 Å². The van der Waals surface area contributed by atoms with Crippen molar-refractivity contribution in [3.63, 3.8) is 0 Å². The zero-order valence-electron chi connectivity index (χ0n) is 11.5. The molecule has 0 spiro atoms. The normalized spacial score (nSPS) is 37.8. The van der Waals surface area contributed by atoms with E-state index in [0.717, 1.165) is 0 Å². The van der Waals surface area contributed by atoms with Gasteiger partial charge in [0.15, 0.2) is 6.29 Å². The van der Waals surface area contributed by atoms with E-state index in [0.29, 0.717) is 6.29 Å². The fraction of sp³-hybridized carbons (Fsp3) is 0.917. The third-order valence-corrected chi connectivity index (χ3v) is 3.33. The van der Waals surface area contributed by atoms with E-state index in [1.807, 2.05) is 0 Å². The second-order valence-electron chi connectivity index (χ2n) is 5.01. The number of carbonyl (C=O) groups is 1. The van der Waals surface area contributed by atoms with Gasteiger partial charge < -0.3 is 44.9 Å². The number of aliphatic hydroxyl groups is 6. The SMILES string of the molecule is C[C@@H](O)[C@H](O[C@@H]1O[C@H](CO)[C@@H](O)[C@H](O)[C@H]1O)[C@@H](O)CC=O. The first-order valence-electron chi connectivity index (χ1n) is 6.59. The highest BCUT2D eigenvalue weighted by molar-refractivity contribution is 5.50. The zero-order chi connectivity index (χ0) is 16.2. The van der Waals surface area contributed by atoms with Crippen molar-refractivity contribution in [1.29, 1.82) is 0 Å². The van der Waals surface area contributed by atoms with Crippen molar-refractivity contribution in [3.05, 3.63) is 0 Å². The van der Waals surface area contributed by atoms with Crippen LogP contribution in [0.4, 0.5) is 0 Å². The molecule has 0 radical (unpaired) electrons. The van der Waals surface area contributed by atoms with Crippen LogP contribution in [0.5, 0.6) is 0 Å². The summed E-state index contributed by atoms with van der Waals surface area (Å²) in [5, 5.41) is 57.3. The smallest absolute Gasteiger partial charge is 0.187 e. The van der Waals surface area contributed by atoms with Crippen LogP contribution in [0.1, 0.15) is 13.3 Å². The van der Waals surface area contributed by atoms with Gasteiger partial charge in [0.25, 0.3) is 0 Å². The molecule has 1 aliphatic rings. The van der Waals surface area contributed by atoms with Gasteiger partial charge in [-0.25, -0.2) is 0 Å². The fourth-order valence-corrected chi connectivity index (χ4v) is 2.09. The number of hydrogen-bond donors (Lipinski definition) is 6. The Balaban J connectivity index is 2.79. The molecule has 9 nitrogen and oxygen atoms in total. The largest absolute Gasteiger partial charge is 0.394 e. The Labute approximate surface area is 121 Å². The molecule has 0 saturated carbocycles. The molecule has 1 saturated heterocycles. The first-order chi connectivity index (χ1) is 9.83. The fourth-order valence-electron chi connectivity index (χ4n) is 2.09. The summed E-state index contributed by atoms with van der Waals surface area (Å²) in [6, 6.07) is 0. The standard InChI is InChI=1S/C12H22O9/c1-5(15)11(6(16)2-3-13)21-12-10(19)9(18)8(17)7(4-14)20-12/h3,5-12,14-19H,2,4H2,1H3/t5-,6+,7-,8-,9+,10-,11+,12+/m1/s1. The van der Waals surface area contributed by atoms with E-state index in [2.05, 4.69) is 0 Å². The van der Waals surface area contributed by atoms with Crippen molar-refractivity contribution in [2.75, 3.05) is 6.61 Å². The minimum absolute atomic E-state index is 0.299. The molecule has 1 heterocycles. The predicted octanol–water partition coefficient (Wildman–Crippen LogP) is -3.50. The molecule has 0 aromatic rings. The Morgan fingerprint density at radius 2 is 1.81 bits per heavy atom. The third kappa shape index (κ3) is 4.41. The first kappa shape index (κ1) is 18.4. The molecular weight excluding hydrogens is 288 g/mol. The maximum absolute atomic E-state index is 10.4. The molecule has 0 bridgehead atoms. The average Bonchev–Trinajstić information content (AvgIpc) is 2.44. The maximum atomic E-state index is 10.4. The zero-order valence-corrected chi connectivity index (χ0v) is 11.5. The van der Waals surface area contributed by atoms with Crippen LogP contribution >= 0.6 is 0 Å². The van der Waals surface area contributed by atoms with Gasteiger partial charge in [0.05, 0.1) is 18.8 Å². The molecule has 0 aliphatic carbocycles. The maximum Gasteiger partial charge on any atom is 0.187 e. The molecule has 21 heavy (non-hydrogen) atoms. The Morgan fingerprint density at radius 1 is 1.19 bits per heavy atom.